The van der Waals surface area contributed by atoms with Crippen molar-refractivity contribution in [2.75, 3.05) is 7.11 Å². The zero-order chi connectivity index (χ0) is 14.0. The molecule has 4 heteroatoms. The maximum absolute atomic E-state index is 12.5. The van der Waals surface area contributed by atoms with Gasteiger partial charge in [-0.15, -0.1) is 0 Å². The van der Waals surface area contributed by atoms with Crippen molar-refractivity contribution in [3.63, 3.8) is 0 Å². The van der Waals surface area contributed by atoms with E-state index in [0.29, 0.717) is 18.6 Å². The number of hydrogen-bond donors (Lipinski definition) is 0. The Kier molecular flexibility index (Phi) is 2.50. The van der Waals surface area contributed by atoms with Crippen LogP contribution in [0.5, 0.6) is 0 Å². The molecule has 3 aliphatic rings. The molecule has 2 aliphatic carbocycles. The summed E-state index contributed by atoms with van der Waals surface area (Å²) in [7, 11) is 1.56. The number of fused-ring (bicyclic) bond motifs is 2. The molecular weight excluding hydrogens is 244 g/mol. The SMILES string of the molecule is COC1=CC(=O)[C@H]2CC(C)(C)C(=O)[C@@H]2C[C@@]2(C)O[C@@H]12. The topological polar surface area (TPSA) is 55.9 Å². The van der Waals surface area contributed by atoms with Crippen LogP contribution in [0.25, 0.3) is 0 Å². The fourth-order valence-corrected chi connectivity index (χ4v) is 3.69. The van der Waals surface area contributed by atoms with Crippen LogP contribution in [0.2, 0.25) is 0 Å². The van der Waals surface area contributed by atoms with Gasteiger partial charge < -0.3 is 9.47 Å². The van der Waals surface area contributed by atoms with Gasteiger partial charge in [0.1, 0.15) is 23.2 Å². The molecule has 1 saturated heterocycles. The molecule has 1 saturated carbocycles. The van der Waals surface area contributed by atoms with Crippen molar-refractivity contribution in [1.82, 2.24) is 0 Å². The van der Waals surface area contributed by atoms with E-state index in [9.17, 15) is 9.59 Å². The molecule has 4 nitrogen and oxygen atoms in total. The van der Waals surface area contributed by atoms with E-state index in [-0.39, 0.29) is 35.1 Å². The van der Waals surface area contributed by atoms with E-state index < -0.39 is 5.41 Å². The minimum absolute atomic E-state index is 0.0123. The third-order valence-corrected chi connectivity index (χ3v) is 4.87. The van der Waals surface area contributed by atoms with Crippen molar-refractivity contribution < 1.29 is 19.1 Å². The summed E-state index contributed by atoms with van der Waals surface area (Å²) in [5.41, 5.74) is -0.751. The van der Waals surface area contributed by atoms with Gasteiger partial charge in [0.05, 0.1) is 7.11 Å². The molecule has 1 aliphatic heterocycles. The second kappa shape index (κ2) is 3.69. The van der Waals surface area contributed by atoms with Gasteiger partial charge in [-0.1, -0.05) is 13.8 Å². The number of hydrogen-bond acceptors (Lipinski definition) is 4. The molecule has 0 radical (unpaired) electrons. The Morgan fingerprint density at radius 1 is 1.21 bits per heavy atom. The van der Waals surface area contributed by atoms with Gasteiger partial charge in [-0.05, 0) is 19.8 Å². The highest BCUT2D eigenvalue weighted by molar-refractivity contribution is 6.01. The van der Waals surface area contributed by atoms with Crippen molar-refractivity contribution in [1.29, 1.82) is 0 Å². The molecule has 0 amide bonds. The van der Waals surface area contributed by atoms with E-state index in [4.69, 9.17) is 9.47 Å². The third kappa shape index (κ3) is 1.76. The van der Waals surface area contributed by atoms with Gasteiger partial charge in [-0.2, -0.15) is 0 Å². The van der Waals surface area contributed by atoms with Gasteiger partial charge in [0, 0.05) is 23.3 Å². The average molecular weight is 264 g/mol. The molecule has 0 bridgehead atoms. The lowest BCUT2D eigenvalue weighted by Gasteiger charge is -2.21. The average Bonchev–Trinajstić information content (AvgIpc) is 2.93. The second-order valence-electron chi connectivity index (χ2n) is 6.83. The van der Waals surface area contributed by atoms with Crippen LogP contribution in [0.1, 0.15) is 33.6 Å². The van der Waals surface area contributed by atoms with E-state index in [1.807, 2.05) is 20.8 Å². The van der Waals surface area contributed by atoms with Gasteiger partial charge in [-0.25, -0.2) is 0 Å². The fraction of sp³-hybridized carbons (Fsp3) is 0.733. The minimum Gasteiger partial charge on any atom is -0.498 e. The number of Topliss-reactive ketones (excluding diaryl/α,β-unsaturated/α-hetero) is 1. The first-order chi connectivity index (χ1) is 8.78. The van der Waals surface area contributed by atoms with Crippen LogP contribution in [0, 0.1) is 17.3 Å². The zero-order valence-corrected chi connectivity index (χ0v) is 11.9. The smallest absolute Gasteiger partial charge is 0.162 e. The van der Waals surface area contributed by atoms with Crippen LogP contribution in [0.15, 0.2) is 11.8 Å². The standard InChI is InChI=1S/C15H20O4/c1-14(2)6-8-9(12(14)17)7-15(3)13(19-15)11(18-4)5-10(8)16/h5,8-9,13H,6-7H2,1-4H3/t8-,9+,13-,15+/m0/s1. The highest BCUT2D eigenvalue weighted by atomic mass is 16.6. The third-order valence-electron chi connectivity index (χ3n) is 4.87. The van der Waals surface area contributed by atoms with Crippen molar-refractivity contribution in [3.05, 3.63) is 11.8 Å². The Labute approximate surface area is 113 Å². The predicted molar refractivity (Wildman–Crippen MR) is 68.4 cm³/mol. The summed E-state index contributed by atoms with van der Waals surface area (Å²) in [5, 5.41) is 0. The summed E-state index contributed by atoms with van der Waals surface area (Å²) in [6.07, 6.45) is 2.63. The Morgan fingerprint density at radius 3 is 2.53 bits per heavy atom. The number of methoxy groups -OCH3 is 1. The zero-order valence-electron chi connectivity index (χ0n) is 11.9. The summed E-state index contributed by atoms with van der Waals surface area (Å²) in [6.45, 7) is 5.86. The van der Waals surface area contributed by atoms with Crippen molar-refractivity contribution in [2.45, 2.75) is 45.3 Å². The quantitative estimate of drug-likeness (QED) is 0.678. The van der Waals surface area contributed by atoms with Gasteiger partial charge >= 0.3 is 0 Å². The molecule has 0 N–H and O–H groups in total. The second-order valence-corrected chi connectivity index (χ2v) is 6.83. The van der Waals surface area contributed by atoms with Crippen molar-refractivity contribution in [2.24, 2.45) is 17.3 Å². The predicted octanol–water partition coefficient (Wildman–Crippen LogP) is 1.88. The number of epoxide rings is 1. The van der Waals surface area contributed by atoms with Crippen molar-refractivity contribution in [3.8, 4) is 0 Å². The molecule has 4 atom stereocenters. The number of allylic oxidation sites excluding steroid dienone is 1. The van der Waals surface area contributed by atoms with E-state index in [1.54, 1.807) is 13.2 Å². The highest BCUT2D eigenvalue weighted by Gasteiger charge is 2.62. The summed E-state index contributed by atoms with van der Waals surface area (Å²) >= 11 is 0. The Bertz CT molecular complexity index is 490. The Morgan fingerprint density at radius 2 is 1.89 bits per heavy atom. The first-order valence-corrected chi connectivity index (χ1v) is 6.80. The lowest BCUT2D eigenvalue weighted by Crippen LogP contribution is -2.31. The molecule has 104 valence electrons. The van der Waals surface area contributed by atoms with Gasteiger partial charge in [0.15, 0.2) is 5.78 Å². The first-order valence-electron chi connectivity index (χ1n) is 6.80. The molecule has 1 heterocycles. The summed E-state index contributed by atoms with van der Waals surface area (Å²) in [4.78, 5) is 24.8. The lowest BCUT2D eigenvalue weighted by atomic mass is 9.80. The van der Waals surface area contributed by atoms with Crippen molar-refractivity contribution >= 4 is 11.6 Å². The molecule has 3 rings (SSSR count). The molecule has 0 unspecified atom stereocenters. The van der Waals surface area contributed by atoms with E-state index in [1.165, 1.54) is 0 Å². The van der Waals surface area contributed by atoms with Crippen LogP contribution in [0.4, 0.5) is 0 Å². The molecule has 2 fully saturated rings. The van der Waals surface area contributed by atoms with Gasteiger partial charge in [0.2, 0.25) is 0 Å². The monoisotopic (exact) mass is 264 g/mol. The molecule has 0 aromatic carbocycles. The Hall–Kier alpha value is -1.16. The summed E-state index contributed by atoms with van der Waals surface area (Å²) in [5.74, 6) is 0.402. The largest absolute Gasteiger partial charge is 0.498 e. The van der Waals surface area contributed by atoms with Crippen LogP contribution < -0.4 is 0 Å². The normalized spacial score (nSPS) is 43.8. The number of ether oxygens (including phenoxy) is 2. The van der Waals surface area contributed by atoms with Crippen LogP contribution in [-0.2, 0) is 19.1 Å². The van der Waals surface area contributed by atoms with E-state index in [0.717, 1.165) is 0 Å². The molecular formula is C15H20O4. The maximum atomic E-state index is 12.5. The van der Waals surface area contributed by atoms with Gasteiger partial charge in [-0.3, -0.25) is 9.59 Å². The summed E-state index contributed by atoms with van der Waals surface area (Å²) in [6, 6.07) is 0. The first kappa shape index (κ1) is 12.9. The molecule has 0 aromatic rings. The maximum Gasteiger partial charge on any atom is 0.162 e. The Balaban J connectivity index is 2.00. The van der Waals surface area contributed by atoms with Crippen LogP contribution in [0.3, 0.4) is 0 Å². The van der Waals surface area contributed by atoms with Gasteiger partial charge in [0.25, 0.3) is 0 Å². The van der Waals surface area contributed by atoms with E-state index >= 15 is 0 Å². The lowest BCUT2D eigenvalue weighted by molar-refractivity contribution is -0.130. The number of rotatable bonds is 1. The molecule has 19 heavy (non-hydrogen) atoms. The fourth-order valence-electron chi connectivity index (χ4n) is 3.69. The number of ketones is 2. The molecule has 0 spiro atoms. The number of carbonyl (C=O) groups excluding carboxylic acids is 2. The number of carbonyl (C=O) groups is 2. The van der Waals surface area contributed by atoms with Crippen LogP contribution in [-0.4, -0.2) is 30.4 Å². The van der Waals surface area contributed by atoms with E-state index in [2.05, 4.69) is 0 Å². The summed E-state index contributed by atoms with van der Waals surface area (Å²) < 4.78 is 11.0. The van der Waals surface area contributed by atoms with Crippen LogP contribution >= 0.6 is 0 Å². The highest BCUT2D eigenvalue weighted by Crippen LogP contribution is 2.53. The minimum atomic E-state index is -0.406. The molecule has 0 aromatic heterocycles.